The third kappa shape index (κ3) is 3.25. The molecule has 0 aromatic heterocycles. The fourth-order valence-electron chi connectivity index (χ4n) is 1.54. The van der Waals surface area contributed by atoms with Gasteiger partial charge in [-0.05, 0) is 31.9 Å². The van der Waals surface area contributed by atoms with Crippen LogP contribution in [0.2, 0.25) is 0 Å². The first-order chi connectivity index (χ1) is 7.82. The van der Waals surface area contributed by atoms with Crippen LogP contribution >= 0.6 is 0 Å². The first kappa shape index (κ1) is 13.6. The van der Waals surface area contributed by atoms with E-state index in [1.54, 1.807) is 27.7 Å². The monoisotopic (exact) mass is 242 g/mol. The molecule has 0 unspecified atom stereocenters. The number of rotatable bonds is 3. The van der Waals surface area contributed by atoms with Gasteiger partial charge in [-0.15, -0.1) is 0 Å². The fraction of sp³-hybridized carbons (Fsp3) is 0.462. The van der Waals surface area contributed by atoms with E-state index < -0.39 is 17.6 Å². The second-order valence-electron chi connectivity index (χ2n) is 4.46. The topological polar surface area (TPSA) is 26.3 Å². The molecule has 0 amide bonds. The van der Waals surface area contributed by atoms with E-state index in [4.69, 9.17) is 4.74 Å². The van der Waals surface area contributed by atoms with Gasteiger partial charge in [0.05, 0.1) is 11.7 Å². The molecule has 0 heterocycles. The van der Waals surface area contributed by atoms with Crippen molar-refractivity contribution in [3.8, 4) is 0 Å². The summed E-state index contributed by atoms with van der Waals surface area (Å²) in [6, 6.07) is 2.03. The summed E-state index contributed by atoms with van der Waals surface area (Å²) < 4.78 is 32.1. The largest absolute Gasteiger partial charge is 0.459 e. The van der Waals surface area contributed by atoms with Crippen LogP contribution in [0.15, 0.2) is 12.1 Å². The molecule has 0 spiro atoms. The van der Waals surface area contributed by atoms with Gasteiger partial charge in [-0.25, -0.2) is 13.6 Å². The van der Waals surface area contributed by atoms with Crippen molar-refractivity contribution in [3.05, 3.63) is 34.9 Å². The molecule has 17 heavy (non-hydrogen) atoms. The maximum atomic E-state index is 13.6. The predicted octanol–water partition coefficient (Wildman–Crippen LogP) is 3.65. The van der Waals surface area contributed by atoms with Crippen molar-refractivity contribution in [2.45, 2.75) is 39.7 Å². The van der Waals surface area contributed by atoms with E-state index in [0.717, 1.165) is 12.1 Å². The lowest BCUT2D eigenvalue weighted by molar-refractivity contribution is 0.0376. The van der Waals surface area contributed by atoms with Gasteiger partial charge in [-0.2, -0.15) is 0 Å². The number of esters is 1. The maximum Gasteiger partial charge on any atom is 0.338 e. The summed E-state index contributed by atoms with van der Waals surface area (Å²) >= 11 is 0. The molecular formula is C13H16F2O2. The van der Waals surface area contributed by atoms with E-state index in [-0.39, 0.29) is 23.1 Å². The average Bonchev–Trinajstić information content (AvgIpc) is 2.14. The van der Waals surface area contributed by atoms with Crippen LogP contribution in [-0.4, -0.2) is 12.1 Å². The van der Waals surface area contributed by atoms with Crippen molar-refractivity contribution in [1.29, 1.82) is 0 Å². The van der Waals surface area contributed by atoms with Gasteiger partial charge < -0.3 is 4.74 Å². The lowest BCUT2D eigenvalue weighted by Crippen LogP contribution is -2.13. The number of carbonyl (C=O) groups excluding carboxylic acids is 1. The Balaban J connectivity index is 3.10. The fourth-order valence-corrected chi connectivity index (χ4v) is 1.54. The minimum Gasteiger partial charge on any atom is -0.459 e. The Kier molecular flexibility index (Phi) is 4.21. The molecule has 0 radical (unpaired) electrons. The van der Waals surface area contributed by atoms with E-state index in [1.807, 2.05) is 0 Å². The molecule has 0 aliphatic carbocycles. The first-order valence-corrected chi connectivity index (χ1v) is 5.52. The van der Waals surface area contributed by atoms with E-state index >= 15 is 0 Å². The molecule has 4 heteroatoms. The smallest absolute Gasteiger partial charge is 0.338 e. The zero-order chi connectivity index (χ0) is 13.2. The number of benzene rings is 1. The molecule has 0 bridgehead atoms. The Labute approximate surface area is 99.6 Å². The summed E-state index contributed by atoms with van der Waals surface area (Å²) in [4.78, 5) is 11.5. The number of carbonyl (C=O) groups is 1. The SMILES string of the molecule is CC(C)OC(=O)c1cc(F)c(C(C)C)c(F)c1. The molecule has 94 valence electrons. The van der Waals surface area contributed by atoms with Gasteiger partial charge in [0.25, 0.3) is 0 Å². The number of ether oxygens (including phenoxy) is 1. The van der Waals surface area contributed by atoms with Gasteiger partial charge in [0.1, 0.15) is 11.6 Å². The van der Waals surface area contributed by atoms with Crippen LogP contribution in [0, 0.1) is 11.6 Å². The van der Waals surface area contributed by atoms with Crippen molar-refractivity contribution in [1.82, 2.24) is 0 Å². The highest BCUT2D eigenvalue weighted by Crippen LogP contribution is 2.23. The van der Waals surface area contributed by atoms with Gasteiger partial charge in [0, 0.05) is 5.56 Å². The van der Waals surface area contributed by atoms with Crippen LogP contribution in [0.1, 0.15) is 49.5 Å². The highest BCUT2D eigenvalue weighted by molar-refractivity contribution is 5.89. The van der Waals surface area contributed by atoms with Crippen LogP contribution < -0.4 is 0 Å². The van der Waals surface area contributed by atoms with Gasteiger partial charge in [0.2, 0.25) is 0 Å². The number of halogens is 2. The summed E-state index contributed by atoms with van der Waals surface area (Å²) in [5.41, 5.74) is -0.107. The van der Waals surface area contributed by atoms with Crippen molar-refractivity contribution < 1.29 is 18.3 Å². The van der Waals surface area contributed by atoms with Crippen LogP contribution in [0.5, 0.6) is 0 Å². The van der Waals surface area contributed by atoms with E-state index in [1.165, 1.54) is 0 Å². The van der Waals surface area contributed by atoms with Gasteiger partial charge in [0.15, 0.2) is 0 Å². The molecule has 1 rings (SSSR count). The molecule has 0 atom stereocenters. The Morgan fingerprint density at radius 2 is 1.59 bits per heavy atom. The van der Waals surface area contributed by atoms with Gasteiger partial charge >= 0.3 is 5.97 Å². The van der Waals surface area contributed by atoms with Crippen molar-refractivity contribution in [2.24, 2.45) is 0 Å². The molecule has 0 saturated carbocycles. The zero-order valence-electron chi connectivity index (χ0n) is 10.4. The van der Waals surface area contributed by atoms with Crippen molar-refractivity contribution >= 4 is 5.97 Å². The highest BCUT2D eigenvalue weighted by Gasteiger charge is 2.18. The molecular weight excluding hydrogens is 226 g/mol. The van der Waals surface area contributed by atoms with E-state index in [9.17, 15) is 13.6 Å². The molecule has 0 saturated heterocycles. The quantitative estimate of drug-likeness (QED) is 0.756. The molecule has 1 aromatic rings. The van der Waals surface area contributed by atoms with Crippen LogP contribution in [-0.2, 0) is 4.74 Å². The first-order valence-electron chi connectivity index (χ1n) is 5.52. The summed E-state index contributed by atoms with van der Waals surface area (Å²) in [6.45, 7) is 6.72. The van der Waals surface area contributed by atoms with Crippen molar-refractivity contribution in [2.75, 3.05) is 0 Å². The summed E-state index contributed by atoms with van der Waals surface area (Å²) in [7, 11) is 0. The average molecular weight is 242 g/mol. The second-order valence-corrected chi connectivity index (χ2v) is 4.46. The molecule has 0 fully saturated rings. The predicted molar refractivity (Wildman–Crippen MR) is 61.0 cm³/mol. The lowest BCUT2D eigenvalue weighted by atomic mass is 10.00. The van der Waals surface area contributed by atoms with Crippen LogP contribution in [0.4, 0.5) is 8.78 Å². The van der Waals surface area contributed by atoms with Gasteiger partial charge in [-0.3, -0.25) is 0 Å². The standard InChI is InChI=1S/C13H16F2O2/c1-7(2)12-10(14)5-9(6-11(12)15)13(16)17-8(3)4/h5-8H,1-4H3. The summed E-state index contributed by atoms with van der Waals surface area (Å²) in [5.74, 6) is -2.41. The molecule has 0 aliphatic heterocycles. The Bertz CT molecular complexity index is 402. The third-order valence-electron chi connectivity index (χ3n) is 2.23. The highest BCUT2D eigenvalue weighted by atomic mass is 19.1. The normalized spacial score (nSPS) is 11.1. The van der Waals surface area contributed by atoms with Crippen molar-refractivity contribution in [3.63, 3.8) is 0 Å². The Morgan fingerprint density at radius 1 is 1.12 bits per heavy atom. The molecule has 1 aromatic carbocycles. The van der Waals surface area contributed by atoms with Crippen LogP contribution in [0.25, 0.3) is 0 Å². The molecule has 0 N–H and O–H groups in total. The van der Waals surface area contributed by atoms with Gasteiger partial charge in [-0.1, -0.05) is 13.8 Å². The Hall–Kier alpha value is -1.45. The molecule has 0 aliphatic rings. The minimum absolute atomic E-state index is 0.00824. The van der Waals surface area contributed by atoms with E-state index in [0.29, 0.717) is 0 Å². The maximum absolute atomic E-state index is 13.6. The lowest BCUT2D eigenvalue weighted by Gasteiger charge is -2.12. The number of hydrogen-bond donors (Lipinski definition) is 0. The van der Waals surface area contributed by atoms with E-state index in [2.05, 4.69) is 0 Å². The summed E-state index contributed by atoms with van der Waals surface area (Å²) in [6.07, 6.45) is -0.321. The Morgan fingerprint density at radius 3 is 1.94 bits per heavy atom. The van der Waals surface area contributed by atoms with Crippen LogP contribution in [0.3, 0.4) is 0 Å². The second kappa shape index (κ2) is 5.25. The summed E-state index contributed by atoms with van der Waals surface area (Å²) in [5, 5.41) is 0. The number of hydrogen-bond acceptors (Lipinski definition) is 2. The molecule has 2 nitrogen and oxygen atoms in total. The zero-order valence-corrected chi connectivity index (χ0v) is 10.4. The minimum atomic E-state index is -0.715. The third-order valence-corrected chi connectivity index (χ3v) is 2.23.